The lowest BCUT2D eigenvalue weighted by atomic mass is 10.4. The van der Waals surface area contributed by atoms with E-state index in [2.05, 4.69) is 31.0 Å². The monoisotopic (exact) mass is 351 g/mol. The van der Waals surface area contributed by atoms with E-state index >= 15 is 0 Å². The SMILES string of the molecule is CCOC(C)CNS(=O)(=O)c1cc(Br)cnc1NC. The molecule has 0 aliphatic carbocycles. The summed E-state index contributed by atoms with van der Waals surface area (Å²) < 4.78 is 32.8. The summed E-state index contributed by atoms with van der Waals surface area (Å²) in [6.45, 7) is 4.43. The molecule has 2 N–H and O–H groups in total. The van der Waals surface area contributed by atoms with E-state index in [9.17, 15) is 8.42 Å². The summed E-state index contributed by atoms with van der Waals surface area (Å²) in [6, 6.07) is 1.51. The average molecular weight is 352 g/mol. The maximum Gasteiger partial charge on any atom is 0.244 e. The van der Waals surface area contributed by atoms with Crippen molar-refractivity contribution in [1.82, 2.24) is 9.71 Å². The topological polar surface area (TPSA) is 80.3 Å². The average Bonchev–Trinajstić information content (AvgIpc) is 2.37. The molecule has 0 aliphatic heterocycles. The highest BCUT2D eigenvalue weighted by atomic mass is 79.9. The molecule has 0 bridgehead atoms. The van der Waals surface area contributed by atoms with Gasteiger partial charge in [-0.15, -0.1) is 0 Å². The molecule has 0 radical (unpaired) electrons. The molecule has 19 heavy (non-hydrogen) atoms. The van der Waals surface area contributed by atoms with Gasteiger partial charge in [-0.1, -0.05) is 0 Å². The lowest BCUT2D eigenvalue weighted by Crippen LogP contribution is -2.32. The Bertz CT molecular complexity index is 522. The molecule has 1 rings (SSSR count). The quantitative estimate of drug-likeness (QED) is 0.779. The van der Waals surface area contributed by atoms with Crippen LogP contribution < -0.4 is 10.0 Å². The molecule has 1 heterocycles. The van der Waals surface area contributed by atoms with Crippen LogP contribution >= 0.6 is 15.9 Å². The molecule has 108 valence electrons. The Morgan fingerprint density at radius 2 is 2.21 bits per heavy atom. The third-order valence-electron chi connectivity index (χ3n) is 2.36. The highest BCUT2D eigenvalue weighted by Crippen LogP contribution is 2.22. The zero-order valence-electron chi connectivity index (χ0n) is 11.1. The van der Waals surface area contributed by atoms with Gasteiger partial charge in [0.1, 0.15) is 10.7 Å². The molecular formula is C11H18BrN3O3S. The smallest absolute Gasteiger partial charge is 0.244 e. The maximum absolute atomic E-state index is 12.2. The van der Waals surface area contributed by atoms with Crippen molar-refractivity contribution in [1.29, 1.82) is 0 Å². The van der Waals surface area contributed by atoms with E-state index in [1.165, 1.54) is 12.3 Å². The second-order valence-electron chi connectivity index (χ2n) is 3.87. The summed E-state index contributed by atoms with van der Waals surface area (Å²) in [5, 5.41) is 2.76. The van der Waals surface area contributed by atoms with E-state index in [0.29, 0.717) is 16.9 Å². The fraction of sp³-hybridized carbons (Fsp3) is 0.545. The van der Waals surface area contributed by atoms with Crippen molar-refractivity contribution < 1.29 is 13.2 Å². The number of sulfonamides is 1. The number of hydrogen-bond donors (Lipinski definition) is 2. The van der Waals surface area contributed by atoms with Crippen LogP contribution in [0.2, 0.25) is 0 Å². The minimum Gasteiger partial charge on any atom is -0.377 e. The first-order valence-electron chi connectivity index (χ1n) is 5.85. The first kappa shape index (κ1) is 16.4. The molecule has 0 aromatic carbocycles. The van der Waals surface area contributed by atoms with Gasteiger partial charge in [0.2, 0.25) is 10.0 Å². The fourth-order valence-corrected chi connectivity index (χ4v) is 3.25. The van der Waals surface area contributed by atoms with Gasteiger partial charge in [-0.25, -0.2) is 18.1 Å². The van der Waals surface area contributed by atoms with Gasteiger partial charge in [-0.3, -0.25) is 0 Å². The van der Waals surface area contributed by atoms with Crippen LogP contribution in [0.25, 0.3) is 0 Å². The van der Waals surface area contributed by atoms with Crippen molar-refractivity contribution in [2.24, 2.45) is 0 Å². The Balaban J connectivity index is 2.91. The van der Waals surface area contributed by atoms with Crippen LogP contribution in [0.15, 0.2) is 21.6 Å². The van der Waals surface area contributed by atoms with E-state index in [1.807, 2.05) is 13.8 Å². The highest BCUT2D eigenvalue weighted by molar-refractivity contribution is 9.10. The Kier molecular flexibility index (Phi) is 6.18. The van der Waals surface area contributed by atoms with Crippen molar-refractivity contribution in [3.8, 4) is 0 Å². The first-order valence-corrected chi connectivity index (χ1v) is 8.13. The minimum absolute atomic E-state index is 0.105. The van der Waals surface area contributed by atoms with Gasteiger partial charge >= 0.3 is 0 Å². The van der Waals surface area contributed by atoms with Crippen LogP contribution in [0.5, 0.6) is 0 Å². The van der Waals surface area contributed by atoms with Gasteiger partial charge in [-0.2, -0.15) is 0 Å². The Morgan fingerprint density at radius 1 is 1.53 bits per heavy atom. The van der Waals surface area contributed by atoms with Crippen LogP contribution in [-0.2, 0) is 14.8 Å². The van der Waals surface area contributed by atoms with Gasteiger partial charge in [0.15, 0.2) is 0 Å². The molecule has 1 unspecified atom stereocenters. The van der Waals surface area contributed by atoms with Gasteiger partial charge in [0.25, 0.3) is 0 Å². The third kappa shape index (κ3) is 4.72. The summed E-state index contributed by atoms with van der Waals surface area (Å²) >= 11 is 3.22. The number of nitrogens with zero attached hydrogens (tertiary/aromatic N) is 1. The van der Waals surface area contributed by atoms with E-state index in [1.54, 1.807) is 7.05 Å². The summed E-state index contributed by atoms with van der Waals surface area (Å²) in [5.74, 6) is 0.305. The molecule has 0 amide bonds. The molecule has 1 atom stereocenters. The first-order chi connectivity index (χ1) is 8.90. The molecular weight excluding hydrogens is 334 g/mol. The highest BCUT2D eigenvalue weighted by Gasteiger charge is 2.20. The molecule has 0 saturated heterocycles. The summed E-state index contributed by atoms with van der Waals surface area (Å²) in [6.07, 6.45) is 1.35. The van der Waals surface area contributed by atoms with Crippen LogP contribution in [-0.4, -0.2) is 39.7 Å². The van der Waals surface area contributed by atoms with Crippen LogP contribution in [0.4, 0.5) is 5.82 Å². The van der Waals surface area contributed by atoms with Crippen LogP contribution in [0, 0.1) is 0 Å². The molecule has 1 aromatic rings. The van der Waals surface area contributed by atoms with Crippen molar-refractivity contribution in [3.63, 3.8) is 0 Å². The van der Waals surface area contributed by atoms with E-state index in [-0.39, 0.29) is 17.5 Å². The number of rotatable bonds is 7. The minimum atomic E-state index is -3.62. The zero-order chi connectivity index (χ0) is 14.5. The molecule has 0 fully saturated rings. The van der Waals surface area contributed by atoms with Crippen molar-refractivity contribution in [2.45, 2.75) is 24.8 Å². The number of nitrogens with one attached hydrogen (secondary N) is 2. The Hall–Kier alpha value is -0.700. The standard InChI is InChI=1S/C11H18BrN3O3S/c1-4-18-8(2)6-15-19(16,17)10-5-9(12)7-14-11(10)13-3/h5,7-8,15H,4,6H2,1-3H3,(H,13,14). The third-order valence-corrected chi connectivity index (χ3v) is 4.23. The summed E-state index contributed by atoms with van der Waals surface area (Å²) in [7, 11) is -2.00. The van der Waals surface area contributed by atoms with Gasteiger partial charge in [-0.05, 0) is 35.8 Å². The molecule has 0 aliphatic rings. The largest absolute Gasteiger partial charge is 0.377 e. The number of hydrogen-bond acceptors (Lipinski definition) is 5. The Morgan fingerprint density at radius 3 is 2.79 bits per heavy atom. The Labute approximate surface area is 122 Å². The second kappa shape index (κ2) is 7.18. The maximum atomic E-state index is 12.2. The predicted octanol–water partition coefficient (Wildman–Crippen LogP) is 1.59. The lowest BCUT2D eigenvalue weighted by Gasteiger charge is -2.14. The molecule has 0 spiro atoms. The predicted molar refractivity (Wildman–Crippen MR) is 77.8 cm³/mol. The van der Waals surface area contributed by atoms with Gasteiger partial charge in [0.05, 0.1) is 6.10 Å². The number of ether oxygens (including phenoxy) is 1. The van der Waals surface area contributed by atoms with Crippen molar-refractivity contribution in [3.05, 3.63) is 16.7 Å². The van der Waals surface area contributed by atoms with Crippen LogP contribution in [0.1, 0.15) is 13.8 Å². The fourth-order valence-electron chi connectivity index (χ4n) is 1.46. The van der Waals surface area contributed by atoms with Crippen molar-refractivity contribution in [2.75, 3.05) is 25.5 Å². The molecule has 6 nitrogen and oxygen atoms in total. The summed E-state index contributed by atoms with van der Waals surface area (Å²) in [5.41, 5.74) is 0. The molecule has 1 aromatic heterocycles. The second-order valence-corrected chi connectivity index (χ2v) is 6.52. The number of anilines is 1. The zero-order valence-corrected chi connectivity index (χ0v) is 13.5. The van der Waals surface area contributed by atoms with Gasteiger partial charge in [0, 0.05) is 30.9 Å². The summed E-state index contributed by atoms with van der Waals surface area (Å²) in [4.78, 5) is 4.12. The van der Waals surface area contributed by atoms with Crippen molar-refractivity contribution >= 4 is 31.8 Å². The number of aromatic nitrogens is 1. The van der Waals surface area contributed by atoms with E-state index in [4.69, 9.17) is 4.74 Å². The van der Waals surface area contributed by atoms with E-state index < -0.39 is 10.0 Å². The van der Waals surface area contributed by atoms with E-state index in [0.717, 1.165) is 0 Å². The normalized spacial score (nSPS) is 13.3. The molecule has 8 heteroatoms. The lowest BCUT2D eigenvalue weighted by molar-refractivity contribution is 0.0799. The molecule has 0 saturated carbocycles. The van der Waals surface area contributed by atoms with Gasteiger partial charge < -0.3 is 10.1 Å². The number of halogens is 1. The van der Waals surface area contributed by atoms with Crippen LogP contribution in [0.3, 0.4) is 0 Å². The number of pyridine rings is 1.